The molecule has 2 atom stereocenters. The minimum absolute atomic E-state index is 0.0745. The van der Waals surface area contributed by atoms with Gasteiger partial charge >= 0.3 is 0 Å². The molecule has 1 heterocycles. The Morgan fingerprint density at radius 2 is 1.92 bits per heavy atom. The number of nitrogens with zero attached hydrogens (tertiary/aromatic N) is 2. The Balaban J connectivity index is 1.67. The van der Waals surface area contributed by atoms with Gasteiger partial charge in [0.25, 0.3) is 0 Å². The van der Waals surface area contributed by atoms with E-state index in [1.165, 1.54) is 32.1 Å². The molecule has 5 heteroatoms. The van der Waals surface area contributed by atoms with Crippen LogP contribution in [0.25, 0.3) is 0 Å². The van der Waals surface area contributed by atoms with E-state index in [0.29, 0.717) is 5.92 Å². The molecule has 1 saturated carbocycles. The van der Waals surface area contributed by atoms with E-state index in [1.54, 1.807) is 4.68 Å². The van der Waals surface area contributed by atoms with Crippen LogP contribution < -0.4 is 11.1 Å². The Morgan fingerprint density at radius 3 is 2.60 bits per heavy atom. The first-order valence-corrected chi connectivity index (χ1v) is 9.21. The van der Waals surface area contributed by atoms with Crippen molar-refractivity contribution in [2.24, 2.45) is 18.7 Å². The average molecular weight is 340 g/mol. The Hall–Kier alpha value is -2.14. The van der Waals surface area contributed by atoms with E-state index >= 15 is 0 Å². The topological polar surface area (TPSA) is 72.9 Å². The van der Waals surface area contributed by atoms with Crippen LogP contribution in [0.5, 0.6) is 0 Å². The molecule has 3 rings (SSSR count). The van der Waals surface area contributed by atoms with Crippen LogP contribution in [0.4, 0.5) is 5.82 Å². The van der Waals surface area contributed by atoms with Crippen molar-refractivity contribution >= 4 is 11.7 Å². The van der Waals surface area contributed by atoms with Gasteiger partial charge in [0, 0.05) is 25.1 Å². The lowest BCUT2D eigenvalue weighted by Gasteiger charge is -2.20. The number of rotatable bonds is 5. The molecule has 25 heavy (non-hydrogen) atoms. The monoisotopic (exact) mass is 340 g/mol. The van der Waals surface area contributed by atoms with Gasteiger partial charge in [-0.2, -0.15) is 5.10 Å². The number of aromatic nitrogens is 2. The Labute approximate surface area is 149 Å². The summed E-state index contributed by atoms with van der Waals surface area (Å²) in [5.41, 5.74) is 8.34. The number of aryl methyl sites for hydroxylation is 1. The lowest BCUT2D eigenvalue weighted by atomic mass is 9.87. The highest BCUT2D eigenvalue weighted by atomic mass is 16.2. The van der Waals surface area contributed by atoms with Gasteiger partial charge in [0.2, 0.25) is 5.91 Å². The van der Waals surface area contributed by atoms with E-state index in [0.717, 1.165) is 17.1 Å². The van der Waals surface area contributed by atoms with Crippen molar-refractivity contribution in [2.45, 2.75) is 51.0 Å². The summed E-state index contributed by atoms with van der Waals surface area (Å²) in [5.74, 6) is 0.872. The van der Waals surface area contributed by atoms with Crippen molar-refractivity contribution in [3.63, 3.8) is 0 Å². The first kappa shape index (κ1) is 17.7. The molecule has 0 saturated heterocycles. The largest absolute Gasteiger partial charge is 0.323 e. The van der Waals surface area contributed by atoms with Crippen molar-refractivity contribution in [1.29, 1.82) is 0 Å². The van der Waals surface area contributed by atoms with Gasteiger partial charge in [0.05, 0.1) is 11.6 Å². The van der Waals surface area contributed by atoms with E-state index in [2.05, 4.69) is 10.4 Å². The van der Waals surface area contributed by atoms with Gasteiger partial charge in [0.1, 0.15) is 5.82 Å². The van der Waals surface area contributed by atoms with E-state index in [-0.39, 0.29) is 17.9 Å². The highest BCUT2D eigenvalue weighted by Gasteiger charge is 2.24. The summed E-state index contributed by atoms with van der Waals surface area (Å²) in [6.45, 7) is 1.87. The fourth-order valence-electron chi connectivity index (χ4n) is 3.57. The van der Waals surface area contributed by atoms with E-state index in [1.807, 2.05) is 50.4 Å². The van der Waals surface area contributed by atoms with E-state index in [4.69, 9.17) is 5.73 Å². The van der Waals surface area contributed by atoms with Crippen LogP contribution in [-0.4, -0.2) is 15.7 Å². The predicted molar refractivity (Wildman–Crippen MR) is 100 cm³/mol. The summed E-state index contributed by atoms with van der Waals surface area (Å²) in [4.78, 5) is 12.6. The van der Waals surface area contributed by atoms with Crippen molar-refractivity contribution < 1.29 is 4.79 Å². The molecule has 0 spiro atoms. The molecule has 2 unspecified atom stereocenters. The van der Waals surface area contributed by atoms with Crippen molar-refractivity contribution in [3.05, 3.63) is 47.7 Å². The second-order valence-electron chi connectivity index (χ2n) is 7.13. The lowest BCUT2D eigenvalue weighted by Crippen LogP contribution is -2.31. The number of hydrogen-bond acceptors (Lipinski definition) is 3. The summed E-state index contributed by atoms with van der Waals surface area (Å²) in [6.07, 6.45) is 6.25. The maximum atomic E-state index is 12.6. The number of benzene rings is 1. The van der Waals surface area contributed by atoms with Crippen LogP contribution in [0.2, 0.25) is 0 Å². The minimum atomic E-state index is -0.327. The van der Waals surface area contributed by atoms with Crippen molar-refractivity contribution in [3.8, 4) is 0 Å². The normalized spacial score (nSPS) is 17.9. The van der Waals surface area contributed by atoms with Gasteiger partial charge in [-0.1, -0.05) is 56.5 Å². The molecule has 1 amide bonds. The Morgan fingerprint density at radius 1 is 1.24 bits per heavy atom. The van der Waals surface area contributed by atoms with Crippen LogP contribution >= 0.6 is 0 Å². The van der Waals surface area contributed by atoms with Crippen molar-refractivity contribution in [2.75, 3.05) is 5.32 Å². The number of carbonyl (C=O) groups is 1. The smallest absolute Gasteiger partial charge is 0.230 e. The van der Waals surface area contributed by atoms with Crippen LogP contribution in [0.3, 0.4) is 0 Å². The van der Waals surface area contributed by atoms with E-state index < -0.39 is 0 Å². The number of nitrogens with one attached hydrogen (secondary N) is 1. The molecule has 134 valence electrons. The molecule has 0 bridgehead atoms. The van der Waals surface area contributed by atoms with Gasteiger partial charge < -0.3 is 11.1 Å². The number of carbonyl (C=O) groups excluding carboxylic acids is 1. The summed E-state index contributed by atoms with van der Waals surface area (Å²) < 4.78 is 1.77. The summed E-state index contributed by atoms with van der Waals surface area (Å²) in [6, 6.07) is 11.4. The third kappa shape index (κ3) is 4.10. The molecule has 3 N–H and O–H groups in total. The van der Waals surface area contributed by atoms with E-state index in [9.17, 15) is 4.79 Å². The molecule has 0 aliphatic heterocycles. The molecule has 1 aliphatic carbocycles. The molecular formula is C20H28N4O. The zero-order valence-corrected chi connectivity index (χ0v) is 15.1. The average Bonchev–Trinajstić information content (AvgIpc) is 3.02. The van der Waals surface area contributed by atoms with Crippen LogP contribution in [-0.2, 0) is 11.8 Å². The fourth-order valence-corrected chi connectivity index (χ4v) is 3.57. The van der Waals surface area contributed by atoms with Gasteiger partial charge in [-0.05, 0) is 18.4 Å². The molecule has 1 aromatic heterocycles. The minimum Gasteiger partial charge on any atom is -0.323 e. The molecule has 0 radical (unpaired) electrons. The van der Waals surface area contributed by atoms with Gasteiger partial charge in [-0.25, -0.2) is 0 Å². The molecule has 5 nitrogen and oxygen atoms in total. The molecule has 2 aromatic rings. The van der Waals surface area contributed by atoms with Crippen LogP contribution in [0.15, 0.2) is 36.4 Å². The number of hydrogen-bond donors (Lipinski definition) is 2. The second kappa shape index (κ2) is 7.83. The quantitative estimate of drug-likeness (QED) is 0.871. The van der Waals surface area contributed by atoms with Gasteiger partial charge in [0.15, 0.2) is 0 Å². The summed E-state index contributed by atoms with van der Waals surface area (Å²) in [7, 11) is 1.88. The van der Waals surface area contributed by atoms with Gasteiger partial charge in [-0.15, -0.1) is 0 Å². The molecule has 1 aromatic carbocycles. The summed E-state index contributed by atoms with van der Waals surface area (Å²) in [5, 5.41) is 7.62. The number of nitrogens with two attached hydrogens (primary N) is 1. The Kier molecular flexibility index (Phi) is 5.53. The maximum Gasteiger partial charge on any atom is 0.230 e. The highest BCUT2D eigenvalue weighted by molar-refractivity contribution is 5.92. The zero-order valence-electron chi connectivity index (χ0n) is 15.1. The molecule has 1 fully saturated rings. The standard InChI is InChI=1S/C20H28N4O/c1-14(19(21)16-11-7-4-8-12-16)20(25)22-18-13-17(23-24(18)2)15-9-5-3-6-10-15/h4,7-8,11-15,19H,3,5-6,9-10,21H2,1-2H3,(H,22,25). The third-order valence-electron chi connectivity index (χ3n) is 5.31. The SMILES string of the molecule is CC(C(=O)Nc1cc(C2CCCCC2)nn1C)C(N)c1ccccc1. The first-order valence-electron chi connectivity index (χ1n) is 9.21. The number of anilines is 1. The first-order chi connectivity index (χ1) is 12.1. The summed E-state index contributed by atoms with van der Waals surface area (Å²) >= 11 is 0. The maximum absolute atomic E-state index is 12.6. The van der Waals surface area contributed by atoms with Crippen LogP contribution in [0, 0.1) is 5.92 Å². The number of amides is 1. The van der Waals surface area contributed by atoms with Crippen molar-refractivity contribution in [1.82, 2.24) is 9.78 Å². The zero-order chi connectivity index (χ0) is 17.8. The third-order valence-corrected chi connectivity index (χ3v) is 5.31. The molecule has 1 aliphatic rings. The lowest BCUT2D eigenvalue weighted by molar-refractivity contribution is -0.120. The Bertz CT molecular complexity index is 704. The highest BCUT2D eigenvalue weighted by Crippen LogP contribution is 2.33. The fraction of sp³-hybridized carbons (Fsp3) is 0.500. The van der Waals surface area contributed by atoms with Gasteiger partial charge in [-0.3, -0.25) is 9.48 Å². The predicted octanol–water partition coefficient (Wildman–Crippen LogP) is 3.74. The molecular weight excluding hydrogens is 312 g/mol. The second-order valence-corrected chi connectivity index (χ2v) is 7.13. The van der Waals surface area contributed by atoms with Crippen LogP contribution in [0.1, 0.15) is 62.2 Å².